The van der Waals surface area contributed by atoms with E-state index in [0.717, 1.165) is 12.0 Å². The molecular weight excluding hydrogens is 176 g/mol. The summed E-state index contributed by atoms with van der Waals surface area (Å²) in [5.41, 5.74) is 0.829. The summed E-state index contributed by atoms with van der Waals surface area (Å²) in [6.45, 7) is 1.95. The van der Waals surface area contributed by atoms with Crippen molar-refractivity contribution >= 4 is 11.6 Å². The van der Waals surface area contributed by atoms with Crippen molar-refractivity contribution in [2.45, 2.75) is 19.4 Å². The van der Waals surface area contributed by atoms with Gasteiger partial charge in [-0.05, 0) is 19.1 Å². The Bertz CT molecular complexity index is 292. The number of ether oxygens (including phenoxy) is 1. The summed E-state index contributed by atoms with van der Waals surface area (Å²) in [5, 5.41) is 10.0. The molecule has 2 nitrogen and oxygen atoms in total. The van der Waals surface area contributed by atoms with Crippen LogP contribution in [0.2, 0.25) is 5.02 Å². The number of hydrogen-bond donors (Lipinski definition) is 1. The third-order valence-electron chi connectivity index (χ3n) is 2.00. The van der Waals surface area contributed by atoms with Crippen molar-refractivity contribution in [1.82, 2.24) is 0 Å². The van der Waals surface area contributed by atoms with E-state index in [-0.39, 0.29) is 11.9 Å². The molecule has 1 atom stereocenters. The molecule has 0 radical (unpaired) electrons. The van der Waals surface area contributed by atoms with Crippen molar-refractivity contribution in [3.63, 3.8) is 0 Å². The van der Waals surface area contributed by atoms with Crippen molar-refractivity contribution in [2.24, 2.45) is 0 Å². The molecule has 2 rings (SSSR count). The average molecular weight is 185 g/mol. The summed E-state index contributed by atoms with van der Waals surface area (Å²) >= 11 is 5.87. The summed E-state index contributed by atoms with van der Waals surface area (Å²) < 4.78 is 5.43. The molecule has 12 heavy (non-hydrogen) atoms. The summed E-state index contributed by atoms with van der Waals surface area (Å²) in [6, 6.07) is 3.25. The topological polar surface area (TPSA) is 29.5 Å². The van der Waals surface area contributed by atoms with Gasteiger partial charge in [-0.25, -0.2) is 0 Å². The minimum atomic E-state index is 0.116. The summed E-state index contributed by atoms with van der Waals surface area (Å²) in [4.78, 5) is 0. The lowest BCUT2D eigenvalue weighted by atomic mass is 10.1. The monoisotopic (exact) mass is 184 g/mol. The van der Waals surface area contributed by atoms with Crippen LogP contribution in [0.15, 0.2) is 12.1 Å². The van der Waals surface area contributed by atoms with Gasteiger partial charge in [0.2, 0.25) is 0 Å². The number of benzene rings is 1. The van der Waals surface area contributed by atoms with Gasteiger partial charge in [0.1, 0.15) is 17.6 Å². The Morgan fingerprint density at radius 2 is 2.33 bits per heavy atom. The fraction of sp³-hybridized carbons (Fsp3) is 0.333. The van der Waals surface area contributed by atoms with Gasteiger partial charge in [-0.15, -0.1) is 0 Å². The molecule has 0 amide bonds. The van der Waals surface area contributed by atoms with Crippen LogP contribution in [-0.4, -0.2) is 11.2 Å². The number of aromatic hydroxyl groups is 1. The van der Waals surface area contributed by atoms with Gasteiger partial charge < -0.3 is 9.84 Å². The zero-order chi connectivity index (χ0) is 8.72. The number of halogens is 1. The molecule has 1 aliphatic rings. The molecule has 0 fully saturated rings. The maximum absolute atomic E-state index is 9.43. The van der Waals surface area contributed by atoms with E-state index < -0.39 is 0 Å². The van der Waals surface area contributed by atoms with E-state index in [0.29, 0.717) is 10.8 Å². The molecular formula is C9H9ClO2. The lowest BCUT2D eigenvalue weighted by Crippen LogP contribution is -2.05. The van der Waals surface area contributed by atoms with Gasteiger partial charge >= 0.3 is 0 Å². The second-order valence-corrected chi connectivity index (χ2v) is 3.41. The van der Waals surface area contributed by atoms with E-state index in [2.05, 4.69) is 0 Å². The molecule has 1 aromatic rings. The highest BCUT2D eigenvalue weighted by atomic mass is 35.5. The molecule has 0 bridgehead atoms. The Hall–Kier alpha value is -0.890. The Morgan fingerprint density at radius 3 is 3.00 bits per heavy atom. The van der Waals surface area contributed by atoms with Crippen molar-refractivity contribution in [1.29, 1.82) is 0 Å². The fourth-order valence-electron chi connectivity index (χ4n) is 1.44. The predicted molar refractivity (Wildman–Crippen MR) is 46.9 cm³/mol. The first-order valence-electron chi connectivity index (χ1n) is 3.85. The van der Waals surface area contributed by atoms with Crippen LogP contribution in [0.1, 0.15) is 12.5 Å². The Labute approximate surface area is 75.7 Å². The molecule has 0 aliphatic carbocycles. The van der Waals surface area contributed by atoms with Crippen LogP contribution in [0.4, 0.5) is 0 Å². The summed E-state index contributed by atoms with van der Waals surface area (Å²) in [7, 11) is 0. The highest BCUT2D eigenvalue weighted by Gasteiger charge is 2.24. The van der Waals surface area contributed by atoms with Gasteiger partial charge in [-0.3, -0.25) is 0 Å². The molecule has 1 aliphatic heterocycles. The largest absolute Gasteiger partial charge is 0.508 e. The van der Waals surface area contributed by atoms with Crippen LogP contribution in [0.5, 0.6) is 11.5 Å². The molecule has 1 aromatic carbocycles. The SMILES string of the molecule is CC1Cc2c(O)ccc(Cl)c2O1. The highest BCUT2D eigenvalue weighted by Crippen LogP contribution is 2.40. The van der Waals surface area contributed by atoms with Crippen LogP contribution in [-0.2, 0) is 6.42 Å². The van der Waals surface area contributed by atoms with E-state index in [4.69, 9.17) is 16.3 Å². The third-order valence-corrected chi connectivity index (χ3v) is 2.30. The lowest BCUT2D eigenvalue weighted by Gasteiger charge is -2.04. The molecule has 3 heteroatoms. The number of hydrogen-bond acceptors (Lipinski definition) is 2. The predicted octanol–water partition coefficient (Wildman–Crippen LogP) is 2.37. The van der Waals surface area contributed by atoms with Crippen LogP contribution in [0, 0.1) is 0 Å². The highest BCUT2D eigenvalue weighted by molar-refractivity contribution is 6.32. The van der Waals surface area contributed by atoms with Crippen molar-refractivity contribution in [3.05, 3.63) is 22.7 Å². The smallest absolute Gasteiger partial charge is 0.145 e. The van der Waals surface area contributed by atoms with E-state index in [9.17, 15) is 5.11 Å². The Kier molecular flexibility index (Phi) is 1.65. The van der Waals surface area contributed by atoms with Crippen LogP contribution < -0.4 is 4.74 Å². The summed E-state index contributed by atoms with van der Waals surface area (Å²) in [6.07, 6.45) is 0.854. The Balaban J connectivity index is 2.56. The van der Waals surface area contributed by atoms with Crippen molar-refractivity contribution < 1.29 is 9.84 Å². The summed E-state index contributed by atoms with van der Waals surface area (Å²) in [5.74, 6) is 0.919. The lowest BCUT2D eigenvalue weighted by molar-refractivity contribution is 0.255. The molecule has 0 saturated carbocycles. The minimum Gasteiger partial charge on any atom is -0.508 e. The first-order valence-corrected chi connectivity index (χ1v) is 4.23. The molecule has 0 aromatic heterocycles. The second kappa shape index (κ2) is 2.56. The molecule has 64 valence electrons. The van der Waals surface area contributed by atoms with Gasteiger partial charge in [-0.2, -0.15) is 0 Å². The fourth-order valence-corrected chi connectivity index (χ4v) is 1.67. The molecule has 0 saturated heterocycles. The van der Waals surface area contributed by atoms with E-state index in [1.807, 2.05) is 6.92 Å². The standard InChI is InChI=1S/C9H9ClO2/c1-5-4-6-8(11)3-2-7(10)9(6)12-5/h2-3,5,11H,4H2,1H3. The van der Waals surface area contributed by atoms with Crippen molar-refractivity contribution in [3.8, 4) is 11.5 Å². The molecule has 1 N–H and O–H groups in total. The number of phenolic OH excluding ortho intramolecular Hbond substituents is 1. The van der Waals surface area contributed by atoms with Crippen LogP contribution in [0.25, 0.3) is 0 Å². The Morgan fingerprint density at radius 1 is 1.58 bits per heavy atom. The van der Waals surface area contributed by atoms with Gasteiger partial charge in [0.25, 0.3) is 0 Å². The maximum Gasteiger partial charge on any atom is 0.145 e. The van der Waals surface area contributed by atoms with E-state index in [1.165, 1.54) is 0 Å². The quantitative estimate of drug-likeness (QED) is 0.671. The van der Waals surface area contributed by atoms with Gasteiger partial charge in [0.15, 0.2) is 0 Å². The van der Waals surface area contributed by atoms with E-state index in [1.54, 1.807) is 12.1 Å². The molecule has 1 unspecified atom stereocenters. The third kappa shape index (κ3) is 1.03. The number of rotatable bonds is 0. The van der Waals surface area contributed by atoms with E-state index >= 15 is 0 Å². The minimum absolute atomic E-state index is 0.116. The maximum atomic E-state index is 9.43. The molecule has 0 spiro atoms. The number of phenols is 1. The zero-order valence-electron chi connectivity index (χ0n) is 6.67. The first kappa shape index (κ1) is 7.74. The molecule has 1 heterocycles. The number of fused-ring (bicyclic) bond motifs is 1. The van der Waals surface area contributed by atoms with Gasteiger partial charge in [-0.1, -0.05) is 11.6 Å². The second-order valence-electron chi connectivity index (χ2n) is 3.01. The first-order chi connectivity index (χ1) is 5.68. The van der Waals surface area contributed by atoms with Crippen LogP contribution in [0.3, 0.4) is 0 Å². The van der Waals surface area contributed by atoms with Crippen LogP contribution >= 0.6 is 11.6 Å². The van der Waals surface area contributed by atoms with Crippen molar-refractivity contribution in [2.75, 3.05) is 0 Å². The van der Waals surface area contributed by atoms with Gasteiger partial charge in [0, 0.05) is 12.0 Å². The normalized spacial score (nSPS) is 20.3. The average Bonchev–Trinajstić information content (AvgIpc) is 2.41. The zero-order valence-corrected chi connectivity index (χ0v) is 7.43. The van der Waals surface area contributed by atoms with Gasteiger partial charge in [0.05, 0.1) is 5.02 Å².